The Morgan fingerprint density at radius 2 is 1.77 bits per heavy atom. The monoisotopic (exact) mass is 186 g/mol. The highest BCUT2D eigenvalue weighted by Crippen LogP contribution is 2.32. The Kier molecular flexibility index (Phi) is 3.91. The van der Waals surface area contributed by atoms with E-state index in [0.29, 0.717) is 0 Å². The Bertz CT molecular complexity index is 185. The zero-order chi connectivity index (χ0) is 10.7. The molecule has 13 heavy (non-hydrogen) atoms. The molecule has 0 bridgehead atoms. The quantitative estimate of drug-likeness (QED) is 0.676. The molecule has 0 saturated carbocycles. The highest BCUT2D eigenvalue weighted by molar-refractivity contribution is 5.79. The van der Waals surface area contributed by atoms with Crippen LogP contribution in [0.15, 0.2) is 0 Å². The molecule has 0 atom stereocenters. The van der Waals surface area contributed by atoms with Crippen LogP contribution >= 0.6 is 0 Å². The van der Waals surface area contributed by atoms with E-state index in [0.717, 1.165) is 13.0 Å². The third-order valence-electron chi connectivity index (χ3n) is 2.24. The Labute approximate surface area is 81.1 Å². The molecule has 1 amide bonds. The van der Waals surface area contributed by atoms with Gasteiger partial charge in [-0.15, -0.1) is 0 Å². The van der Waals surface area contributed by atoms with E-state index >= 15 is 0 Å². The molecule has 0 aromatic rings. The number of primary amides is 1. The Balaban J connectivity index is 4.33. The number of nitrogens with one attached hydrogen (secondary N) is 1. The normalized spacial score (nSPS) is 13.0. The predicted octanol–water partition coefficient (Wildman–Crippen LogP) is 1.13. The van der Waals surface area contributed by atoms with Crippen molar-refractivity contribution in [2.24, 2.45) is 16.6 Å². The van der Waals surface area contributed by atoms with Gasteiger partial charge in [-0.2, -0.15) is 0 Å². The Morgan fingerprint density at radius 3 is 2.08 bits per heavy atom. The summed E-state index contributed by atoms with van der Waals surface area (Å²) in [5, 5.41) is 3.12. The van der Waals surface area contributed by atoms with E-state index in [1.54, 1.807) is 0 Å². The van der Waals surface area contributed by atoms with Crippen LogP contribution in [-0.4, -0.2) is 19.5 Å². The van der Waals surface area contributed by atoms with Gasteiger partial charge in [0.25, 0.3) is 0 Å². The Morgan fingerprint density at radius 1 is 1.31 bits per heavy atom. The molecule has 0 aromatic heterocycles. The van der Waals surface area contributed by atoms with E-state index in [1.165, 1.54) is 0 Å². The van der Waals surface area contributed by atoms with Gasteiger partial charge in [-0.25, -0.2) is 0 Å². The van der Waals surface area contributed by atoms with E-state index in [-0.39, 0.29) is 11.3 Å². The van der Waals surface area contributed by atoms with Gasteiger partial charge in [0.2, 0.25) is 5.91 Å². The molecule has 0 saturated heterocycles. The predicted molar refractivity (Wildman–Crippen MR) is 55.3 cm³/mol. The van der Waals surface area contributed by atoms with Crippen molar-refractivity contribution in [2.45, 2.75) is 34.1 Å². The van der Waals surface area contributed by atoms with Crippen molar-refractivity contribution in [3.05, 3.63) is 0 Å². The molecule has 0 radical (unpaired) electrons. The van der Waals surface area contributed by atoms with Gasteiger partial charge in [-0.1, -0.05) is 27.7 Å². The third kappa shape index (κ3) is 4.27. The summed E-state index contributed by atoms with van der Waals surface area (Å²) in [7, 11) is 1.92. The second-order valence-corrected chi connectivity index (χ2v) is 5.12. The Hall–Kier alpha value is -0.570. The first-order valence-electron chi connectivity index (χ1n) is 4.66. The fraction of sp³-hybridized carbons (Fsp3) is 0.900. The van der Waals surface area contributed by atoms with Gasteiger partial charge in [-0.05, 0) is 25.4 Å². The van der Waals surface area contributed by atoms with Crippen molar-refractivity contribution >= 4 is 5.91 Å². The number of rotatable bonds is 5. The zero-order valence-corrected chi connectivity index (χ0v) is 9.40. The number of hydrogen-bond acceptors (Lipinski definition) is 2. The first-order chi connectivity index (χ1) is 5.71. The van der Waals surface area contributed by atoms with Gasteiger partial charge < -0.3 is 11.1 Å². The summed E-state index contributed by atoms with van der Waals surface area (Å²) < 4.78 is 0. The third-order valence-corrected chi connectivity index (χ3v) is 2.24. The average Bonchev–Trinajstić information content (AvgIpc) is 1.83. The number of nitrogens with two attached hydrogens (primary N) is 1. The lowest BCUT2D eigenvalue weighted by atomic mass is 9.74. The van der Waals surface area contributed by atoms with Gasteiger partial charge in [0.1, 0.15) is 0 Å². The fourth-order valence-electron chi connectivity index (χ4n) is 1.82. The van der Waals surface area contributed by atoms with Crippen LogP contribution in [0.3, 0.4) is 0 Å². The number of carbonyl (C=O) groups is 1. The minimum atomic E-state index is -0.416. The fourth-order valence-corrected chi connectivity index (χ4v) is 1.82. The maximum Gasteiger partial charge on any atom is 0.223 e. The average molecular weight is 186 g/mol. The van der Waals surface area contributed by atoms with Crippen LogP contribution in [0.4, 0.5) is 0 Å². The molecular formula is C10H22N2O. The number of carbonyl (C=O) groups excluding carboxylic acids is 1. The molecule has 0 aliphatic carbocycles. The van der Waals surface area contributed by atoms with Crippen molar-refractivity contribution in [3.63, 3.8) is 0 Å². The van der Waals surface area contributed by atoms with Crippen molar-refractivity contribution in [3.8, 4) is 0 Å². The van der Waals surface area contributed by atoms with Crippen LogP contribution in [0, 0.1) is 10.8 Å². The molecule has 3 nitrogen and oxygen atoms in total. The van der Waals surface area contributed by atoms with Gasteiger partial charge in [0.15, 0.2) is 0 Å². The minimum Gasteiger partial charge on any atom is -0.369 e. The molecule has 3 N–H and O–H groups in total. The number of hydrogen-bond donors (Lipinski definition) is 2. The minimum absolute atomic E-state index is 0.104. The van der Waals surface area contributed by atoms with Crippen molar-refractivity contribution in [1.29, 1.82) is 0 Å². The summed E-state index contributed by atoms with van der Waals surface area (Å²) in [6, 6.07) is 0. The van der Waals surface area contributed by atoms with E-state index in [9.17, 15) is 4.79 Å². The maximum absolute atomic E-state index is 11.1. The van der Waals surface area contributed by atoms with E-state index < -0.39 is 5.41 Å². The molecule has 78 valence electrons. The first kappa shape index (κ1) is 12.4. The number of amides is 1. The van der Waals surface area contributed by atoms with E-state index in [4.69, 9.17) is 5.73 Å². The summed E-state index contributed by atoms with van der Waals surface area (Å²) in [6.45, 7) is 8.95. The van der Waals surface area contributed by atoms with Crippen LogP contribution in [0.5, 0.6) is 0 Å². The summed E-state index contributed by atoms with van der Waals surface area (Å²) in [5.41, 5.74) is 5.00. The molecule has 0 fully saturated rings. The summed E-state index contributed by atoms with van der Waals surface area (Å²) in [6.07, 6.45) is 0.802. The van der Waals surface area contributed by atoms with Crippen molar-refractivity contribution in [2.75, 3.05) is 13.6 Å². The lowest BCUT2D eigenvalue weighted by Crippen LogP contribution is -2.39. The summed E-state index contributed by atoms with van der Waals surface area (Å²) in [4.78, 5) is 11.1. The van der Waals surface area contributed by atoms with Crippen LogP contribution < -0.4 is 11.1 Å². The standard InChI is InChI=1S/C10H22N2O/c1-9(2,7-12-5)6-10(3,4)8(11)13/h12H,6-7H2,1-5H3,(H2,11,13). The smallest absolute Gasteiger partial charge is 0.223 e. The molecule has 0 aromatic carbocycles. The lowest BCUT2D eigenvalue weighted by molar-refractivity contribution is -0.127. The molecule has 3 heteroatoms. The first-order valence-corrected chi connectivity index (χ1v) is 4.66. The molecule has 0 aliphatic heterocycles. The molecule has 0 rings (SSSR count). The van der Waals surface area contributed by atoms with Gasteiger partial charge in [-0.3, -0.25) is 4.79 Å². The topological polar surface area (TPSA) is 55.1 Å². The van der Waals surface area contributed by atoms with Gasteiger partial charge >= 0.3 is 0 Å². The SMILES string of the molecule is CNCC(C)(C)CC(C)(C)C(N)=O. The van der Waals surface area contributed by atoms with Crippen LogP contribution in [-0.2, 0) is 4.79 Å². The second kappa shape index (κ2) is 4.09. The lowest BCUT2D eigenvalue weighted by Gasteiger charge is -2.32. The highest BCUT2D eigenvalue weighted by Gasteiger charge is 2.32. The van der Waals surface area contributed by atoms with E-state index in [2.05, 4.69) is 19.2 Å². The summed E-state index contributed by atoms with van der Waals surface area (Å²) >= 11 is 0. The summed E-state index contributed by atoms with van der Waals surface area (Å²) in [5.74, 6) is -0.225. The van der Waals surface area contributed by atoms with Crippen LogP contribution in [0.2, 0.25) is 0 Å². The maximum atomic E-state index is 11.1. The molecular weight excluding hydrogens is 164 g/mol. The van der Waals surface area contributed by atoms with Gasteiger partial charge in [0, 0.05) is 5.41 Å². The van der Waals surface area contributed by atoms with Crippen molar-refractivity contribution in [1.82, 2.24) is 5.32 Å². The molecule has 0 unspecified atom stereocenters. The van der Waals surface area contributed by atoms with E-state index in [1.807, 2.05) is 20.9 Å². The molecule has 0 heterocycles. The molecule has 0 aliphatic rings. The van der Waals surface area contributed by atoms with Crippen LogP contribution in [0.25, 0.3) is 0 Å². The highest BCUT2D eigenvalue weighted by atomic mass is 16.1. The van der Waals surface area contributed by atoms with Crippen molar-refractivity contribution < 1.29 is 4.79 Å². The van der Waals surface area contributed by atoms with Gasteiger partial charge in [0.05, 0.1) is 0 Å². The van der Waals surface area contributed by atoms with Crippen LogP contribution in [0.1, 0.15) is 34.1 Å². The molecule has 0 spiro atoms. The zero-order valence-electron chi connectivity index (χ0n) is 9.40. The second-order valence-electron chi connectivity index (χ2n) is 5.12. The largest absolute Gasteiger partial charge is 0.369 e.